The van der Waals surface area contributed by atoms with Crippen LogP contribution in [0.1, 0.15) is 17.5 Å². The number of aryl methyl sites for hydroxylation is 2. The predicted octanol–water partition coefficient (Wildman–Crippen LogP) is 3.00. The average Bonchev–Trinajstić information content (AvgIpc) is 2.95. The third-order valence-corrected chi connectivity index (χ3v) is 4.08. The van der Waals surface area contributed by atoms with Crippen molar-refractivity contribution in [1.29, 1.82) is 0 Å². The maximum absolute atomic E-state index is 12.8. The predicted molar refractivity (Wildman–Crippen MR) is 92.1 cm³/mol. The van der Waals surface area contributed by atoms with Crippen LogP contribution in [0.2, 0.25) is 0 Å². The number of carbonyl (C=O) groups excluding carboxylic acids is 1. The van der Waals surface area contributed by atoms with Gasteiger partial charge in [0.25, 0.3) is 0 Å². The highest BCUT2D eigenvalue weighted by Crippen LogP contribution is 2.14. The number of nitrogens with zero attached hydrogens (tertiary/aromatic N) is 2. The summed E-state index contributed by atoms with van der Waals surface area (Å²) in [6.07, 6.45) is 3.59. The summed E-state index contributed by atoms with van der Waals surface area (Å²) in [6.45, 7) is 0.598. The summed E-state index contributed by atoms with van der Waals surface area (Å²) in [4.78, 5) is 16.2. The highest BCUT2D eigenvalue weighted by molar-refractivity contribution is 5.77. The monoisotopic (exact) mass is 325 g/mol. The lowest BCUT2D eigenvalue weighted by molar-refractivity contribution is -0.121. The van der Waals surface area contributed by atoms with Gasteiger partial charge < -0.3 is 9.88 Å². The molecule has 0 saturated carbocycles. The minimum absolute atomic E-state index is 0.0123. The first-order valence-electron chi connectivity index (χ1n) is 8.03. The van der Waals surface area contributed by atoms with Crippen molar-refractivity contribution >= 4 is 16.9 Å². The van der Waals surface area contributed by atoms with Gasteiger partial charge in [-0.05, 0) is 48.2 Å². The van der Waals surface area contributed by atoms with Crippen LogP contribution in [-0.2, 0) is 24.7 Å². The minimum atomic E-state index is -0.256. The molecule has 0 bridgehead atoms. The third-order valence-electron chi connectivity index (χ3n) is 4.08. The van der Waals surface area contributed by atoms with Gasteiger partial charge in [-0.2, -0.15) is 0 Å². The summed E-state index contributed by atoms with van der Waals surface area (Å²) in [7, 11) is 1.97. The normalized spacial score (nSPS) is 10.9. The van der Waals surface area contributed by atoms with Crippen molar-refractivity contribution in [2.75, 3.05) is 6.54 Å². The molecule has 1 aromatic heterocycles. The van der Waals surface area contributed by atoms with Crippen LogP contribution >= 0.6 is 0 Å². The lowest BCUT2D eigenvalue weighted by Gasteiger charge is -2.06. The molecule has 0 radical (unpaired) electrons. The van der Waals surface area contributed by atoms with E-state index in [2.05, 4.69) is 22.4 Å². The number of hydrogen-bond acceptors (Lipinski definition) is 2. The summed E-state index contributed by atoms with van der Waals surface area (Å²) >= 11 is 0. The second-order valence-corrected chi connectivity index (χ2v) is 5.90. The number of halogens is 1. The molecule has 0 saturated heterocycles. The maximum atomic E-state index is 12.8. The Morgan fingerprint density at radius 1 is 1.12 bits per heavy atom. The van der Waals surface area contributed by atoms with Crippen LogP contribution < -0.4 is 5.32 Å². The second kappa shape index (κ2) is 7.25. The summed E-state index contributed by atoms with van der Waals surface area (Å²) in [5.41, 5.74) is 4.19. The Labute approximate surface area is 140 Å². The van der Waals surface area contributed by atoms with Crippen molar-refractivity contribution < 1.29 is 9.18 Å². The molecule has 124 valence electrons. The first-order chi connectivity index (χ1) is 11.6. The molecule has 2 aromatic carbocycles. The molecule has 0 fully saturated rings. The zero-order valence-corrected chi connectivity index (χ0v) is 13.6. The summed E-state index contributed by atoms with van der Waals surface area (Å²) in [5, 5.41) is 2.93. The molecule has 5 heteroatoms. The molecular formula is C19H20FN3O. The molecule has 0 unspecified atom stereocenters. The van der Waals surface area contributed by atoms with Crippen molar-refractivity contribution in [3.8, 4) is 0 Å². The molecule has 0 atom stereocenters. The van der Waals surface area contributed by atoms with E-state index in [0.29, 0.717) is 19.4 Å². The Morgan fingerprint density at radius 2 is 1.88 bits per heavy atom. The quantitative estimate of drug-likeness (QED) is 0.757. The van der Waals surface area contributed by atoms with E-state index in [0.717, 1.165) is 28.6 Å². The fourth-order valence-corrected chi connectivity index (χ4v) is 2.68. The van der Waals surface area contributed by atoms with E-state index in [9.17, 15) is 9.18 Å². The molecule has 24 heavy (non-hydrogen) atoms. The smallest absolute Gasteiger partial charge is 0.220 e. The van der Waals surface area contributed by atoms with Gasteiger partial charge in [0.05, 0.1) is 17.4 Å². The van der Waals surface area contributed by atoms with Crippen LogP contribution in [0.4, 0.5) is 4.39 Å². The number of rotatable bonds is 6. The van der Waals surface area contributed by atoms with E-state index >= 15 is 0 Å². The number of nitrogens with one attached hydrogen (secondary N) is 1. The summed E-state index contributed by atoms with van der Waals surface area (Å²) in [6, 6.07) is 12.4. The minimum Gasteiger partial charge on any atom is -0.356 e. The number of benzene rings is 2. The van der Waals surface area contributed by atoms with Crippen molar-refractivity contribution in [2.45, 2.75) is 19.3 Å². The first-order valence-corrected chi connectivity index (χ1v) is 8.03. The summed E-state index contributed by atoms with van der Waals surface area (Å²) < 4.78 is 14.8. The standard InChI is InChI=1S/C19H20FN3O/c1-23-13-22-17-12-15(4-8-18(17)23)10-11-21-19(24)9-5-14-2-6-16(20)7-3-14/h2-4,6-8,12-13H,5,9-11H2,1H3,(H,21,24). The van der Waals surface area contributed by atoms with Gasteiger partial charge in [-0.3, -0.25) is 4.79 Å². The zero-order chi connectivity index (χ0) is 16.9. The Hall–Kier alpha value is -2.69. The van der Waals surface area contributed by atoms with E-state index < -0.39 is 0 Å². The van der Waals surface area contributed by atoms with E-state index in [1.807, 2.05) is 17.7 Å². The Balaban J connectivity index is 1.44. The number of aromatic nitrogens is 2. The Bertz CT molecular complexity index is 839. The van der Waals surface area contributed by atoms with Crippen molar-refractivity contribution in [1.82, 2.24) is 14.9 Å². The molecule has 3 rings (SSSR count). The maximum Gasteiger partial charge on any atom is 0.220 e. The first kappa shape index (κ1) is 16.2. The molecule has 0 aliphatic heterocycles. The molecule has 0 spiro atoms. The molecule has 1 N–H and O–H groups in total. The van der Waals surface area contributed by atoms with E-state index in [1.54, 1.807) is 18.5 Å². The molecule has 1 amide bonds. The lowest BCUT2D eigenvalue weighted by Crippen LogP contribution is -2.25. The molecule has 3 aromatic rings. The number of imidazole rings is 1. The van der Waals surface area contributed by atoms with Crippen LogP contribution in [0.5, 0.6) is 0 Å². The zero-order valence-electron chi connectivity index (χ0n) is 13.6. The highest BCUT2D eigenvalue weighted by Gasteiger charge is 2.04. The second-order valence-electron chi connectivity index (χ2n) is 5.90. The topological polar surface area (TPSA) is 46.9 Å². The van der Waals surface area contributed by atoms with Gasteiger partial charge in [0.15, 0.2) is 0 Å². The molecule has 4 nitrogen and oxygen atoms in total. The van der Waals surface area contributed by atoms with E-state index in [1.165, 1.54) is 12.1 Å². The number of carbonyl (C=O) groups is 1. The third kappa shape index (κ3) is 3.98. The van der Waals surface area contributed by atoms with E-state index in [-0.39, 0.29) is 11.7 Å². The fourth-order valence-electron chi connectivity index (χ4n) is 2.68. The van der Waals surface area contributed by atoms with Gasteiger partial charge in [-0.15, -0.1) is 0 Å². The largest absolute Gasteiger partial charge is 0.356 e. The van der Waals surface area contributed by atoms with Crippen LogP contribution in [0.3, 0.4) is 0 Å². The van der Waals surface area contributed by atoms with Gasteiger partial charge in [0.2, 0.25) is 5.91 Å². The highest BCUT2D eigenvalue weighted by atomic mass is 19.1. The lowest BCUT2D eigenvalue weighted by atomic mass is 10.1. The Morgan fingerprint density at radius 3 is 2.67 bits per heavy atom. The van der Waals surface area contributed by atoms with Gasteiger partial charge >= 0.3 is 0 Å². The SMILES string of the molecule is Cn1cnc2cc(CCNC(=O)CCc3ccc(F)cc3)ccc21. The number of amides is 1. The van der Waals surface area contributed by atoms with Crippen molar-refractivity contribution in [2.24, 2.45) is 7.05 Å². The summed E-state index contributed by atoms with van der Waals surface area (Å²) in [5.74, 6) is -0.244. The fraction of sp³-hybridized carbons (Fsp3) is 0.263. The van der Waals surface area contributed by atoms with Gasteiger partial charge in [-0.1, -0.05) is 18.2 Å². The van der Waals surface area contributed by atoms with Gasteiger partial charge in [0, 0.05) is 20.0 Å². The molecule has 1 heterocycles. The van der Waals surface area contributed by atoms with Gasteiger partial charge in [0.1, 0.15) is 5.82 Å². The van der Waals surface area contributed by atoms with Crippen LogP contribution in [0.15, 0.2) is 48.8 Å². The number of hydrogen-bond donors (Lipinski definition) is 1. The number of fused-ring (bicyclic) bond motifs is 1. The van der Waals surface area contributed by atoms with Crippen LogP contribution in [-0.4, -0.2) is 22.0 Å². The van der Waals surface area contributed by atoms with E-state index in [4.69, 9.17) is 0 Å². The average molecular weight is 325 g/mol. The molecular weight excluding hydrogens is 305 g/mol. The van der Waals surface area contributed by atoms with Gasteiger partial charge in [-0.25, -0.2) is 9.37 Å². The van der Waals surface area contributed by atoms with Crippen LogP contribution in [0, 0.1) is 5.82 Å². The van der Waals surface area contributed by atoms with Crippen molar-refractivity contribution in [3.63, 3.8) is 0 Å². The Kier molecular flexibility index (Phi) is 4.89. The van der Waals surface area contributed by atoms with Crippen molar-refractivity contribution in [3.05, 3.63) is 65.7 Å². The molecule has 0 aliphatic rings. The molecule has 0 aliphatic carbocycles. The van der Waals surface area contributed by atoms with Crippen LogP contribution in [0.25, 0.3) is 11.0 Å².